The van der Waals surface area contributed by atoms with Crippen LogP contribution >= 0.6 is 0 Å². The van der Waals surface area contributed by atoms with Gasteiger partial charge in [0.2, 0.25) is 0 Å². The van der Waals surface area contributed by atoms with Gasteiger partial charge in [-0.15, -0.1) is 0 Å². The molecule has 2 atom stereocenters. The van der Waals surface area contributed by atoms with Gasteiger partial charge >= 0.3 is 5.97 Å². The average Bonchev–Trinajstić information content (AvgIpc) is 2.95. The Kier molecular flexibility index (Phi) is 9.56. The normalized spacial score (nSPS) is 15.0. The van der Waals surface area contributed by atoms with E-state index in [2.05, 4.69) is 13.0 Å². The number of phenolic OH excluding ortho intramolecular Hbond substituents is 1. The summed E-state index contributed by atoms with van der Waals surface area (Å²) >= 11 is 0. The molecule has 1 N–H and O–H groups in total. The maximum Gasteiger partial charge on any atom is 0.340 e. The summed E-state index contributed by atoms with van der Waals surface area (Å²) in [4.78, 5) is 24.1. The zero-order chi connectivity index (χ0) is 28.6. The van der Waals surface area contributed by atoms with Gasteiger partial charge < -0.3 is 19.3 Å². The van der Waals surface area contributed by atoms with Gasteiger partial charge in [-0.05, 0) is 60.4 Å². The van der Waals surface area contributed by atoms with Crippen LogP contribution in [0.4, 0.5) is 0 Å². The van der Waals surface area contributed by atoms with Gasteiger partial charge in [0.25, 0.3) is 0 Å². The van der Waals surface area contributed by atoms with Gasteiger partial charge in [-0.1, -0.05) is 73.7 Å². The van der Waals surface area contributed by atoms with Crippen LogP contribution in [0.3, 0.4) is 0 Å². The lowest BCUT2D eigenvalue weighted by Crippen LogP contribution is -2.20. The molecular weight excluding hydrogens is 504 g/mol. The van der Waals surface area contributed by atoms with Crippen LogP contribution in [0, 0.1) is 12.8 Å². The van der Waals surface area contributed by atoms with Crippen LogP contribution in [0.1, 0.15) is 59.0 Å². The minimum Gasteiger partial charge on any atom is -0.507 e. The minimum absolute atomic E-state index is 0.0448. The zero-order valence-electron chi connectivity index (χ0n) is 23.5. The number of ketones is 1. The second-order valence-corrected chi connectivity index (χ2v) is 10.1. The summed E-state index contributed by atoms with van der Waals surface area (Å²) in [7, 11) is 1.60. The molecule has 0 amide bonds. The summed E-state index contributed by atoms with van der Waals surface area (Å²) < 4.78 is 16.3. The first-order chi connectivity index (χ1) is 19.3. The van der Waals surface area contributed by atoms with Gasteiger partial charge in [0.1, 0.15) is 11.5 Å². The second-order valence-electron chi connectivity index (χ2n) is 10.1. The molecule has 6 nitrogen and oxygen atoms in total. The Balaban J connectivity index is 0.000000255. The summed E-state index contributed by atoms with van der Waals surface area (Å²) in [5.74, 6) is 1.10. The Morgan fingerprint density at radius 1 is 1.00 bits per heavy atom. The molecule has 0 bridgehead atoms. The molecule has 0 radical (unpaired) electrons. The van der Waals surface area contributed by atoms with Crippen molar-refractivity contribution < 1.29 is 28.9 Å². The van der Waals surface area contributed by atoms with E-state index in [1.165, 1.54) is 5.56 Å². The minimum atomic E-state index is -1.02. The highest BCUT2D eigenvalue weighted by Crippen LogP contribution is 2.38. The number of benzene rings is 4. The molecule has 0 saturated carbocycles. The molecule has 1 aliphatic rings. The lowest BCUT2D eigenvalue weighted by molar-refractivity contribution is -0.158. The maximum absolute atomic E-state index is 12.6. The van der Waals surface area contributed by atoms with Crippen LogP contribution in [0.5, 0.6) is 11.5 Å². The van der Waals surface area contributed by atoms with Gasteiger partial charge in [0.05, 0.1) is 20.3 Å². The SMILES string of the molecule is CC1CC(=O)c2ccccc2C1.CCOC(=O)C(OCc1ccc(OC)cc1)c1c(C)cc2ccccc2c1O. The predicted octanol–water partition coefficient (Wildman–Crippen LogP) is 7.14. The van der Waals surface area contributed by atoms with Crippen molar-refractivity contribution in [3.05, 3.63) is 107 Å². The van der Waals surface area contributed by atoms with Crippen molar-refractivity contribution in [3.63, 3.8) is 0 Å². The fourth-order valence-electron chi connectivity index (χ4n) is 5.05. The molecule has 5 rings (SSSR count). The van der Waals surface area contributed by atoms with E-state index in [1.54, 1.807) is 14.0 Å². The largest absolute Gasteiger partial charge is 0.507 e. The Morgan fingerprint density at radius 3 is 2.42 bits per heavy atom. The monoisotopic (exact) mass is 540 g/mol. The number of esters is 1. The number of carbonyl (C=O) groups is 2. The number of ether oxygens (including phenoxy) is 3. The first-order valence-electron chi connectivity index (χ1n) is 13.6. The molecule has 4 aromatic rings. The molecule has 208 valence electrons. The number of hydrogen-bond donors (Lipinski definition) is 1. The highest BCUT2D eigenvalue weighted by Gasteiger charge is 2.29. The van der Waals surface area contributed by atoms with Crippen LogP contribution in [0.25, 0.3) is 10.8 Å². The quantitative estimate of drug-likeness (QED) is 0.251. The molecule has 0 fully saturated rings. The molecule has 0 aliphatic heterocycles. The molecule has 0 heterocycles. The predicted molar refractivity (Wildman–Crippen MR) is 156 cm³/mol. The number of Topliss-reactive ketones (excluding diaryl/α,β-unsaturated/α-hetero) is 1. The van der Waals surface area contributed by atoms with Crippen LogP contribution in [-0.4, -0.2) is 30.6 Å². The first kappa shape index (κ1) is 28.8. The van der Waals surface area contributed by atoms with E-state index < -0.39 is 12.1 Å². The topological polar surface area (TPSA) is 82.1 Å². The Morgan fingerprint density at radius 2 is 1.70 bits per heavy atom. The van der Waals surface area contributed by atoms with Crippen LogP contribution in [0.15, 0.2) is 78.9 Å². The summed E-state index contributed by atoms with van der Waals surface area (Å²) in [6.07, 6.45) is 0.755. The molecule has 0 saturated heterocycles. The van der Waals surface area contributed by atoms with Crippen molar-refractivity contribution >= 4 is 22.5 Å². The van der Waals surface area contributed by atoms with Gasteiger partial charge in [0, 0.05) is 22.9 Å². The summed E-state index contributed by atoms with van der Waals surface area (Å²) in [5, 5.41) is 12.5. The number of aryl methyl sites for hydroxylation is 1. The van der Waals surface area contributed by atoms with E-state index in [0.717, 1.165) is 40.7 Å². The summed E-state index contributed by atoms with van der Waals surface area (Å²) in [6.45, 7) is 6.15. The van der Waals surface area contributed by atoms with Gasteiger partial charge in [-0.3, -0.25) is 4.79 Å². The number of phenols is 1. The van der Waals surface area contributed by atoms with Crippen molar-refractivity contribution in [1.82, 2.24) is 0 Å². The molecular formula is C34H36O6. The maximum atomic E-state index is 12.6. The fraction of sp³-hybridized carbons (Fsp3) is 0.294. The van der Waals surface area contributed by atoms with Crippen molar-refractivity contribution in [1.29, 1.82) is 0 Å². The van der Waals surface area contributed by atoms with Gasteiger partial charge in [-0.2, -0.15) is 0 Å². The number of methoxy groups -OCH3 is 1. The van der Waals surface area contributed by atoms with E-state index in [9.17, 15) is 14.7 Å². The standard InChI is InChI=1S/C23H24O5.C11H12O/c1-4-27-23(25)22(28-14-16-9-11-18(26-3)12-10-16)20-15(2)13-17-7-5-6-8-19(17)21(20)24;1-8-6-9-4-2-3-5-10(9)11(12)7-8/h5-13,22,24H,4,14H2,1-3H3;2-5,8H,6-7H2,1H3. The van der Waals surface area contributed by atoms with E-state index in [-0.39, 0.29) is 19.0 Å². The first-order valence-corrected chi connectivity index (χ1v) is 13.6. The van der Waals surface area contributed by atoms with Gasteiger partial charge in [-0.25, -0.2) is 4.79 Å². The molecule has 4 aromatic carbocycles. The highest BCUT2D eigenvalue weighted by atomic mass is 16.6. The third-order valence-corrected chi connectivity index (χ3v) is 7.03. The van der Waals surface area contributed by atoms with E-state index >= 15 is 0 Å². The third kappa shape index (κ3) is 6.69. The van der Waals surface area contributed by atoms with Crippen molar-refractivity contribution in [2.24, 2.45) is 5.92 Å². The van der Waals surface area contributed by atoms with Gasteiger partial charge in [0.15, 0.2) is 11.9 Å². The Bertz CT molecular complexity index is 1470. The lowest BCUT2D eigenvalue weighted by Gasteiger charge is -2.21. The number of rotatable bonds is 7. The Labute approximate surface area is 235 Å². The summed E-state index contributed by atoms with van der Waals surface area (Å²) in [5.41, 5.74) is 4.25. The second kappa shape index (κ2) is 13.3. The van der Waals surface area contributed by atoms with Crippen LogP contribution < -0.4 is 4.74 Å². The zero-order valence-corrected chi connectivity index (χ0v) is 23.5. The molecule has 6 heteroatoms. The van der Waals surface area contributed by atoms with Crippen molar-refractivity contribution in [2.45, 2.75) is 46.3 Å². The number of aromatic hydroxyl groups is 1. The number of carbonyl (C=O) groups excluding carboxylic acids is 2. The van der Waals surface area contributed by atoms with Crippen molar-refractivity contribution in [2.75, 3.05) is 13.7 Å². The third-order valence-electron chi connectivity index (χ3n) is 7.03. The molecule has 0 aromatic heterocycles. The number of fused-ring (bicyclic) bond motifs is 2. The highest BCUT2D eigenvalue weighted by molar-refractivity contribution is 5.98. The van der Waals surface area contributed by atoms with Crippen molar-refractivity contribution in [3.8, 4) is 11.5 Å². The number of hydrogen-bond acceptors (Lipinski definition) is 6. The summed E-state index contributed by atoms with van der Waals surface area (Å²) in [6, 6.07) is 24.8. The average molecular weight is 541 g/mol. The molecule has 0 spiro atoms. The molecule has 2 unspecified atom stereocenters. The Hall–Kier alpha value is -4.16. The molecule has 40 heavy (non-hydrogen) atoms. The van der Waals surface area contributed by atoms with E-state index in [0.29, 0.717) is 22.7 Å². The van der Waals surface area contributed by atoms with Crippen LogP contribution in [-0.2, 0) is 27.3 Å². The molecule has 1 aliphatic carbocycles. The van der Waals surface area contributed by atoms with E-state index in [4.69, 9.17) is 14.2 Å². The fourth-order valence-corrected chi connectivity index (χ4v) is 5.05. The van der Waals surface area contributed by atoms with Crippen LogP contribution in [0.2, 0.25) is 0 Å². The lowest BCUT2D eigenvalue weighted by atomic mass is 9.84. The van der Waals surface area contributed by atoms with E-state index in [1.807, 2.05) is 79.7 Å². The smallest absolute Gasteiger partial charge is 0.340 e.